The quantitative estimate of drug-likeness (QED) is 0.656. The molecule has 0 radical (unpaired) electrons. The molecule has 0 spiro atoms. The number of ether oxygens (including phenoxy) is 1. The molecule has 0 amide bonds. The predicted molar refractivity (Wildman–Crippen MR) is 79.0 cm³/mol. The molecule has 1 aromatic heterocycles. The number of hydrogen-bond acceptors (Lipinski definition) is 6. The molecule has 1 unspecified atom stereocenters. The molecule has 5 nitrogen and oxygen atoms in total. The van der Waals surface area contributed by atoms with Crippen molar-refractivity contribution in [3.63, 3.8) is 0 Å². The monoisotopic (exact) mass is 282 g/mol. The van der Waals surface area contributed by atoms with E-state index >= 15 is 0 Å². The van der Waals surface area contributed by atoms with Gasteiger partial charge in [-0.3, -0.25) is 0 Å². The number of thioether (sulfide) groups is 1. The number of nitrogens with zero attached hydrogens (tertiary/aromatic N) is 3. The fourth-order valence-electron chi connectivity index (χ4n) is 2.33. The highest BCUT2D eigenvalue weighted by molar-refractivity contribution is 7.98. The smallest absolute Gasteiger partial charge is 0.219 e. The molecular weight excluding hydrogens is 260 g/mol. The van der Waals surface area contributed by atoms with Gasteiger partial charge in [-0.1, -0.05) is 11.8 Å². The van der Waals surface area contributed by atoms with Crippen molar-refractivity contribution in [3.8, 4) is 5.88 Å². The largest absolute Gasteiger partial charge is 0.478 e. The van der Waals surface area contributed by atoms with Crippen molar-refractivity contribution in [2.75, 3.05) is 37.4 Å². The molecule has 1 aliphatic heterocycles. The number of piperidine rings is 1. The highest BCUT2D eigenvalue weighted by atomic mass is 32.2. The van der Waals surface area contributed by atoms with E-state index in [2.05, 4.69) is 14.9 Å². The first kappa shape index (κ1) is 14.4. The van der Waals surface area contributed by atoms with E-state index in [-0.39, 0.29) is 0 Å². The SMILES string of the molecule is CCOc1cc(N2CCCC(CN)C2)nc(SC)n1. The van der Waals surface area contributed by atoms with Crippen molar-refractivity contribution < 1.29 is 4.74 Å². The molecule has 2 rings (SSSR count). The van der Waals surface area contributed by atoms with E-state index in [1.165, 1.54) is 24.6 Å². The van der Waals surface area contributed by atoms with Gasteiger partial charge in [0.2, 0.25) is 5.88 Å². The van der Waals surface area contributed by atoms with Gasteiger partial charge in [0, 0.05) is 19.2 Å². The molecule has 1 saturated heterocycles. The maximum absolute atomic E-state index is 5.79. The fourth-order valence-corrected chi connectivity index (χ4v) is 2.70. The molecule has 1 aliphatic rings. The molecule has 2 heterocycles. The Morgan fingerprint density at radius 1 is 1.53 bits per heavy atom. The van der Waals surface area contributed by atoms with Crippen LogP contribution in [0.15, 0.2) is 11.2 Å². The summed E-state index contributed by atoms with van der Waals surface area (Å²) in [5.74, 6) is 2.18. The lowest BCUT2D eigenvalue weighted by atomic mass is 9.98. The van der Waals surface area contributed by atoms with Crippen LogP contribution >= 0.6 is 11.8 Å². The van der Waals surface area contributed by atoms with Crippen LogP contribution in [0, 0.1) is 5.92 Å². The molecular formula is C13H22N4OS. The van der Waals surface area contributed by atoms with Crippen LogP contribution in [0.3, 0.4) is 0 Å². The maximum Gasteiger partial charge on any atom is 0.219 e. The van der Waals surface area contributed by atoms with Crippen molar-refractivity contribution in [2.45, 2.75) is 24.9 Å². The molecule has 2 N–H and O–H groups in total. The van der Waals surface area contributed by atoms with Crippen molar-refractivity contribution >= 4 is 17.6 Å². The van der Waals surface area contributed by atoms with Crippen LogP contribution in [0.5, 0.6) is 5.88 Å². The molecule has 1 fully saturated rings. The van der Waals surface area contributed by atoms with E-state index in [1.54, 1.807) is 0 Å². The summed E-state index contributed by atoms with van der Waals surface area (Å²) < 4.78 is 5.52. The van der Waals surface area contributed by atoms with E-state index < -0.39 is 0 Å². The van der Waals surface area contributed by atoms with Gasteiger partial charge in [-0.25, -0.2) is 4.98 Å². The van der Waals surface area contributed by atoms with Crippen molar-refractivity contribution in [3.05, 3.63) is 6.07 Å². The molecule has 0 aliphatic carbocycles. The number of rotatable bonds is 5. The van der Waals surface area contributed by atoms with E-state index in [0.717, 1.165) is 30.6 Å². The minimum Gasteiger partial charge on any atom is -0.478 e. The molecule has 106 valence electrons. The molecule has 19 heavy (non-hydrogen) atoms. The standard InChI is InChI=1S/C13H22N4OS/c1-3-18-12-7-11(15-13(16-12)19-2)17-6-4-5-10(8-14)9-17/h7,10H,3-6,8-9,14H2,1-2H3. The molecule has 0 bridgehead atoms. The highest BCUT2D eigenvalue weighted by Crippen LogP contribution is 2.25. The van der Waals surface area contributed by atoms with Crippen LogP contribution in [0.25, 0.3) is 0 Å². The van der Waals surface area contributed by atoms with Crippen LogP contribution in [-0.4, -0.2) is 42.5 Å². The number of hydrogen-bond donors (Lipinski definition) is 1. The molecule has 1 aromatic rings. The lowest BCUT2D eigenvalue weighted by Gasteiger charge is -2.33. The van der Waals surface area contributed by atoms with Gasteiger partial charge in [0.15, 0.2) is 5.16 Å². The van der Waals surface area contributed by atoms with Crippen molar-refractivity contribution in [2.24, 2.45) is 11.7 Å². The second-order valence-electron chi connectivity index (χ2n) is 4.67. The van der Waals surface area contributed by atoms with Crippen LogP contribution in [-0.2, 0) is 0 Å². The first-order valence-corrected chi connectivity index (χ1v) is 8.00. The van der Waals surface area contributed by atoms with E-state index in [4.69, 9.17) is 10.5 Å². The van der Waals surface area contributed by atoms with Gasteiger partial charge in [0.05, 0.1) is 6.61 Å². The Bertz CT molecular complexity index is 416. The zero-order valence-corrected chi connectivity index (χ0v) is 12.4. The third-order valence-corrected chi connectivity index (χ3v) is 3.87. The van der Waals surface area contributed by atoms with Gasteiger partial charge in [0.1, 0.15) is 5.82 Å². The predicted octanol–water partition coefficient (Wildman–Crippen LogP) is 1.77. The van der Waals surface area contributed by atoms with Crippen molar-refractivity contribution in [1.29, 1.82) is 0 Å². The van der Waals surface area contributed by atoms with Crippen molar-refractivity contribution in [1.82, 2.24) is 9.97 Å². The molecule has 0 aromatic carbocycles. The Labute approximate surface area is 118 Å². The van der Waals surface area contributed by atoms with Gasteiger partial charge in [0.25, 0.3) is 0 Å². The van der Waals surface area contributed by atoms with Gasteiger partial charge in [-0.2, -0.15) is 4.98 Å². The zero-order valence-electron chi connectivity index (χ0n) is 11.6. The Morgan fingerprint density at radius 2 is 2.37 bits per heavy atom. The van der Waals surface area contributed by atoms with E-state index in [9.17, 15) is 0 Å². The maximum atomic E-state index is 5.79. The third-order valence-electron chi connectivity index (χ3n) is 3.32. The lowest BCUT2D eigenvalue weighted by Crippen LogP contribution is -2.38. The summed E-state index contributed by atoms with van der Waals surface area (Å²) in [5.41, 5.74) is 5.79. The van der Waals surface area contributed by atoms with Crippen LogP contribution in [0.4, 0.5) is 5.82 Å². The van der Waals surface area contributed by atoms with Gasteiger partial charge >= 0.3 is 0 Å². The molecule has 1 atom stereocenters. The van der Waals surface area contributed by atoms with Gasteiger partial charge < -0.3 is 15.4 Å². The first-order chi connectivity index (χ1) is 9.26. The fraction of sp³-hybridized carbons (Fsp3) is 0.692. The second kappa shape index (κ2) is 6.96. The Morgan fingerprint density at radius 3 is 3.05 bits per heavy atom. The summed E-state index contributed by atoms with van der Waals surface area (Å²) >= 11 is 1.54. The van der Waals surface area contributed by atoms with Gasteiger partial charge in [-0.05, 0) is 38.5 Å². The lowest BCUT2D eigenvalue weighted by molar-refractivity contribution is 0.322. The normalized spacial score (nSPS) is 19.5. The molecule has 0 saturated carbocycles. The topological polar surface area (TPSA) is 64.3 Å². The zero-order chi connectivity index (χ0) is 13.7. The summed E-state index contributed by atoms with van der Waals surface area (Å²) in [4.78, 5) is 11.2. The summed E-state index contributed by atoms with van der Waals surface area (Å²) in [6.45, 7) is 5.34. The Kier molecular flexibility index (Phi) is 5.27. The summed E-state index contributed by atoms with van der Waals surface area (Å²) in [6, 6.07) is 1.93. The highest BCUT2D eigenvalue weighted by Gasteiger charge is 2.21. The average molecular weight is 282 g/mol. The summed E-state index contributed by atoms with van der Waals surface area (Å²) in [5, 5.41) is 0.760. The summed E-state index contributed by atoms with van der Waals surface area (Å²) in [6.07, 6.45) is 4.37. The Balaban J connectivity index is 2.19. The van der Waals surface area contributed by atoms with Crippen LogP contribution < -0.4 is 15.4 Å². The third kappa shape index (κ3) is 3.73. The summed E-state index contributed by atoms with van der Waals surface area (Å²) in [7, 11) is 0. The number of aromatic nitrogens is 2. The van der Waals surface area contributed by atoms with Gasteiger partial charge in [-0.15, -0.1) is 0 Å². The van der Waals surface area contributed by atoms with E-state index in [1.807, 2.05) is 19.2 Å². The Hall–Kier alpha value is -1.01. The van der Waals surface area contributed by atoms with E-state index in [0.29, 0.717) is 18.4 Å². The number of nitrogens with two attached hydrogens (primary N) is 1. The second-order valence-corrected chi connectivity index (χ2v) is 5.45. The average Bonchev–Trinajstić information content (AvgIpc) is 2.47. The number of anilines is 1. The van der Waals surface area contributed by atoms with Crippen LogP contribution in [0.2, 0.25) is 0 Å². The molecule has 6 heteroatoms. The first-order valence-electron chi connectivity index (χ1n) is 6.77. The van der Waals surface area contributed by atoms with Crippen LogP contribution in [0.1, 0.15) is 19.8 Å². The minimum atomic E-state index is 0.567. The minimum absolute atomic E-state index is 0.567.